The standard InChI is InChI=1S/C12H26N4O/c1-12(2,11(17)14-13)9-16(4)10-6-5-7-15(3)8-10/h10H,5-9,13H2,1-4H3,(H,14,17). The van der Waals surface area contributed by atoms with E-state index in [9.17, 15) is 4.79 Å². The fraction of sp³-hybridized carbons (Fsp3) is 0.917. The van der Waals surface area contributed by atoms with Gasteiger partial charge in [-0.2, -0.15) is 0 Å². The van der Waals surface area contributed by atoms with Gasteiger partial charge < -0.3 is 9.80 Å². The summed E-state index contributed by atoms with van der Waals surface area (Å²) >= 11 is 0. The number of amides is 1. The van der Waals surface area contributed by atoms with E-state index in [0.29, 0.717) is 6.04 Å². The second kappa shape index (κ2) is 5.80. The maximum Gasteiger partial charge on any atom is 0.240 e. The molecule has 1 unspecified atom stereocenters. The van der Waals surface area contributed by atoms with E-state index in [4.69, 9.17) is 5.84 Å². The molecule has 0 aromatic carbocycles. The highest BCUT2D eigenvalue weighted by molar-refractivity contribution is 5.81. The number of nitrogens with zero attached hydrogens (tertiary/aromatic N) is 2. The van der Waals surface area contributed by atoms with Crippen molar-refractivity contribution in [1.82, 2.24) is 15.2 Å². The highest BCUT2D eigenvalue weighted by Gasteiger charge is 2.31. The molecule has 17 heavy (non-hydrogen) atoms. The number of nitrogens with one attached hydrogen (secondary N) is 1. The summed E-state index contributed by atoms with van der Waals surface area (Å²) in [7, 11) is 4.24. The molecule has 0 radical (unpaired) electrons. The molecule has 1 saturated heterocycles. The first-order valence-electron chi connectivity index (χ1n) is 6.26. The van der Waals surface area contributed by atoms with Gasteiger partial charge in [0.15, 0.2) is 0 Å². The van der Waals surface area contributed by atoms with Crippen LogP contribution in [-0.4, -0.2) is 55.5 Å². The van der Waals surface area contributed by atoms with Crippen LogP contribution in [0.25, 0.3) is 0 Å². The third kappa shape index (κ3) is 3.94. The molecule has 0 saturated carbocycles. The summed E-state index contributed by atoms with van der Waals surface area (Å²) in [6, 6.07) is 0.540. The normalized spacial score (nSPS) is 22.8. The molecule has 1 atom stereocenters. The summed E-state index contributed by atoms with van der Waals surface area (Å²) in [5.41, 5.74) is 1.80. The predicted molar refractivity (Wildman–Crippen MR) is 69.3 cm³/mol. The zero-order chi connectivity index (χ0) is 13.1. The lowest BCUT2D eigenvalue weighted by Crippen LogP contribution is -2.51. The Morgan fingerprint density at radius 1 is 1.59 bits per heavy atom. The first-order chi connectivity index (χ1) is 7.86. The fourth-order valence-corrected chi connectivity index (χ4v) is 2.52. The Labute approximate surface area is 104 Å². The highest BCUT2D eigenvalue weighted by atomic mass is 16.2. The van der Waals surface area contributed by atoms with Gasteiger partial charge in [0.1, 0.15) is 0 Å². The monoisotopic (exact) mass is 242 g/mol. The van der Waals surface area contributed by atoms with Crippen LogP contribution in [0.15, 0.2) is 0 Å². The maximum atomic E-state index is 11.6. The number of carbonyl (C=O) groups excluding carboxylic acids is 1. The van der Waals surface area contributed by atoms with Crippen LogP contribution in [0.1, 0.15) is 26.7 Å². The first-order valence-corrected chi connectivity index (χ1v) is 6.26. The van der Waals surface area contributed by atoms with Crippen LogP contribution in [-0.2, 0) is 4.79 Å². The quantitative estimate of drug-likeness (QED) is 0.415. The maximum absolute atomic E-state index is 11.6. The average Bonchev–Trinajstić information content (AvgIpc) is 2.27. The number of likely N-dealkylation sites (tertiary alicyclic amines) is 1. The van der Waals surface area contributed by atoms with Crippen molar-refractivity contribution in [2.75, 3.05) is 33.7 Å². The van der Waals surface area contributed by atoms with Gasteiger partial charge >= 0.3 is 0 Å². The number of piperidine rings is 1. The number of nitrogens with two attached hydrogens (primary N) is 1. The molecule has 0 spiro atoms. The Kier molecular flexibility index (Phi) is 4.91. The molecule has 1 rings (SSSR count). The molecule has 1 heterocycles. The first kappa shape index (κ1) is 14.4. The number of hydrazine groups is 1. The molecule has 0 aliphatic carbocycles. The average molecular weight is 242 g/mol. The smallest absolute Gasteiger partial charge is 0.240 e. The van der Waals surface area contributed by atoms with Crippen molar-refractivity contribution >= 4 is 5.91 Å². The minimum Gasteiger partial charge on any atom is -0.305 e. The summed E-state index contributed by atoms with van der Waals surface area (Å²) in [5, 5.41) is 0. The van der Waals surface area contributed by atoms with E-state index in [1.807, 2.05) is 13.8 Å². The lowest BCUT2D eigenvalue weighted by Gasteiger charge is -2.39. The van der Waals surface area contributed by atoms with Crippen molar-refractivity contribution in [1.29, 1.82) is 0 Å². The van der Waals surface area contributed by atoms with Crippen molar-refractivity contribution in [3.63, 3.8) is 0 Å². The second-order valence-corrected chi connectivity index (χ2v) is 5.83. The molecule has 5 nitrogen and oxygen atoms in total. The van der Waals surface area contributed by atoms with E-state index in [0.717, 1.165) is 13.1 Å². The molecule has 1 aliphatic rings. The number of rotatable bonds is 4. The van der Waals surface area contributed by atoms with Gasteiger partial charge in [0.05, 0.1) is 5.41 Å². The summed E-state index contributed by atoms with van der Waals surface area (Å²) in [4.78, 5) is 16.3. The van der Waals surface area contributed by atoms with Gasteiger partial charge in [0.25, 0.3) is 0 Å². The van der Waals surface area contributed by atoms with Gasteiger partial charge in [-0.25, -0.2) is 5.84 Å². The third-order valence-electron chi connectivity index (χ3n) is 3.61. The van der Waals surface area contributed by atoms with Crippen LogP contribution in [0.4, 0.5) is 0 Å². The second-order valence-electron chi connectivity index (χ2n) is 5.83. The molecule has 1 fully saturated rings. The fourth-order valence-electron chi connectivity index (χ4n) is 2.52. The van der Waals surface area contributed by atoms with E-state index in [1.54, 1.807) is 0 Å². The number of likely N-dealkylation sites (N-methyl/N-ethyl adjacent to an activating group) is 2. The van der Waals surface area contributed by atoms with E-state index < -0.39 is 5.41 Å². The Balaban J connectivity index is 2.52. The Hall–Kier alpha value is -0.650. The molecular weight excluding hydrogens is 216 g/mol. The largest absolute Gasteiger partial charge is 0.305 e. The third-order valence-corrected chi connectivity index (χ3v) is 3.61. The van der Waals surface area contributed by atoms with E-state index in [1.165, 1.54) is 19.4 Å². The van der Waals surface area contributed by atoms with Crippen molar-refractivity contribution in [2.24, 2.45) is 11.3 Å². The molecule has 1 amide bonds. The zero-order valence-electron chi connectivity index (χ0n) is 11.5. The van der Waals surface area contributed by atoms with Crippen LogP contribution in [0, 0.1) is 5.41 Å². The summed E-state index contributed by atoms with van der Waals surface area (Å²) < 4.78 is 0. The molecular formula is C12H26N4O. The van der Waals surface area contributed by atoms with Crippen LogP contribution >= 0.6 is 0 Å². The van der Waals surface area contributed by atoms with Gasteiger partial charge in [-0.15, -0.1) is 0 Å². The van der Waals surface area contributed by atoms with Crippen molar-refractivity contribution in [3.8, 4) is 0 Å². The van der Waals surface area contributed by atoms with Crippen LogP contribution in [0.2, 0.25) is 0 Å². The molecule has 0 aromatic heterocycles. The number of carbonyl (C=O) groups is 1. The summed E-state index contributed by atoms with van der Waals surface area (Å²) in [5.74, 6) is 5.10. The van der Waals surface area contributed by atoms with Crippen molar-refractivity contribution in [3.05, 3.63) is 0 Å². The van der Waals surface area contributed by atoms with Crippen LogP contribution in [0.5, 0.6) is 0 Å². The topological polar surface area (TPSA) is 61.6 Å². The molecule has 1 aliphatic heterocycles. The Bertz CT molecular complexity index is 267. The molecule has 0 bridgehead atoms. The highest BCUT2D eigenvalue weighted by Crippen LogP contribution is 2.20. The lowest BCUT2D eigenvalue weighted by atomic mass is 9.90. The van der Waals surface area contributed by atoms with Gasteiger partial charge in [-0.3, -0.25) is 10.2 Å². The van der Waals surface area contributed by atoms with Crippen molar-refractivity contribution < 1.29 is 4.79 Å². The molecule has 3 N–H and O–H groups in total. The number of hydrogen-bond acceptors (Lipinski definition) is 4. The van der Waals surface area contributed by atoms with Crippen LogP contribution in [0.3, 0.4) is 0 Å². The summed E-state index contributed by atoms with van der Waals surface area (Å²) in [6.07, 6.45) is 2.44. The Morgan fingerprint density at radius 3 is 2.76 bits per heavy atom. The minimum absolute atomic E-state index is 0.103. The zero-order valence-corrected chi connectivity index (χ0v) is 11.5. The van der Waals surface area contributed by atoms with Crippen molar-refractivity contribution in [2.45, 2.75) is 32.7 Å². The SMILES string of the molecule is CN1CCCC(N(C)CC(C)(C)C(=O)NN)C1. The number of hydrogen-bond donors (Lipinski definition) is 2. The van der Waals surface area contributed by atoms with Crippen LogP contribution < -0.4 is 11.3 Å². The van der Waals surface area contributed by atoms with E-state index >= 15 is 0 Å². The van der Waals surface area contributed by atoms with E-state index in [2.05, 4.69) is 29.3 Å². The molecule has 0 aromatic rings. The lowest BCUT2D eigenvalue weighted by molar-refractivity contribution is -0.130. The summed E-state index contributed by atoms with van der Waals surface area (Å²) in [6.45, 7) is 6.85. The Morgan fingerprint density at radius 2 is 2.24 bits per heavy atom. The molecule has 5 heteroatoms. The minimum atomic E-state index is -0.445. The van der Waals surface area contributed by atoms with E-state index in [-0.39, 0.29) is 5.91 Å². The van der Waals surface area contributed by atoms with Gasteiger partial charge in [-0.1, -0.05) is 0 Å². The van der Waals surface area contributed by atoms with Gasteiger partial charge in [0, 0.05) is 19.1 Å². The van der Waals surface area contributed by atoms with Gasteiger partial charge in [0.2, 0.25) is 5.91 Å². The van der Waals surface area contributed by atoms with Gasteiger partial charge in [-0.05, 0) is 47.3 Å². The molecule has 100 valence electrons. The predicted octanol–water partition coefficient (Wildman–Crippen LogP) is 0.0285.